The van der Waals surface area contributed by atoms with E-state index in [0.29, 0.717) is 5.92 Å². The summed E-state index contributed by atoms with van der Waals surface area (Å²) in [6, 6.07) is 12.2. The average molecular weight is 347 g/mol. The number of benzene rings is 1. The maximum absolute atomic E-state index is 12.9. The molecule has 2 heterocycles. The molecule has 0 radical (unpaired) electrons. The first-order chi connectivity index (χ1) is 11.3. The highest BCUT2D eigenvalue weighted by molar-refractivity contribution is 7.98. The molecule has 1 saturated heterocycles. The molecular weight excluding hydrogens is 324 g/mol. The van der Waals surface area contributed by atoms with Crippen LogP contribution in [0, 0.1) is 5.92 Å². The van der Waals surface area contributed by atoms with Crippen molar-refractivity contribution in [1.29, 1.82) is 0 Å². The fraction of sp³-hybridized carbons (Fsp3) is 0.389. The number of hydrogen-bond donors (Lipinski definition) is 1. The molecule has 0 bridgehead atoms. The second-order valence-corrected chi connectivity index (χ2v) is 7.88. The van der Waals surface area contributed by atoms with E-state index in [1.54, 1.807) is 23.1 Å². The first kappa shape index (κ1) is 16.6. The first-order valence-corrected chi connectivity index (χ1v) is 9.88. The van der Waals surface area contributed by atoms with Crippen molar-refractivity contribution < 1.29 is 4.79 Å². The molecule has 2 N–H and O–H groups in total. The molecule has 1 aliphatic rings. The number of piperidine rings is 1. The summed E-state index contributed by atoms with van der Waals surface area (Å²) >= 11 is 3.50. The van der Waals surface area contributed by atoms with Gasteiger partial charge in [-0.2, -0.15) is 0 Å². The quantitative estimate of drug-likeness (QED) is 0.837. The van der Waals surface area contributed by atoms with Gasteiger partial charge < -0.3 is 10.6 Å². The molecule has 122 valence electrons. The second kappa shape index (κ2) is 7.99. The van der Waals surface area contributed by atoms with E-state index >= 15 is 0 Å². The lowest BCUT2D eigenvalue weighted by molar-refractivity contribution is 0.0690. The summed E-state index contributed by atoms with van der Waals surface area (Å²) in [6.07, 6.45) is 2.04. The van der Waals surface area contributed by atoms with Gasteiger partial charge in [0.05, 0.1) is 5.56 Å². The van der Waals surface area contributed by atoms with Crippen molar-refractivity contribution in [3.8, 4) is 0 Å². The standard InChI is InChI=1S/C18H22N2OS2/c19-12-14-7-9-20(10-8-14)18(21)16-5-1-2-6-17(16)23-13-15-4-3-11-22-15/h1-6,11,14H,7-10,12-13,19H2. The smallest absolute Gasteiger partial charge is 0.254 e. The van der Waals surface area contributed by atoms with Crippen LogP contribution in [0.1, 0.15) is 28.1 Å². The fourth-order valence-electron chi connectivity index (χ4n) is 2.85. The molecule has 1 amide bonds. The van der Waals surface area contributed by atoms with Crippen molar-refractivity contribution in [2.24, 2.45) is 11.7 Å². The molecule has 1 aromatic heterocycles. The molecule has 1 aromatic carbocycles. The zero-order valence-electron chi connectivity index (χ0n) is 13.1. The minimum Gasteiger partial charge on any atom is -0.339 e. The molecule has 0 spiro atoms. The average Bonchev–Trinajstić information content (AvgIpc) is 3.13. The Labute approximate surface area is 145 Å². The summed E-state index contributed by atoms with van der Waals surface area (Å²) in [5.41, 5.74) is 6.57. The third-order valence-corrected chi connectivity index (χ3v) is 6.48. The van der Waals surface area contributed by atoms with Crippen LogP contribution in [0.4, 0.5) is 0 Å². The molecule has 1 fully saturated rings. The minimum absolute atomic E-state index is 0.162. The number of amides is 1. The zero-order valence-corrected chi connectivity index (χ0v) is 14.7. The van der Waals surface area contributed by atoms with Crippen molar-refractivity contribution in [3.63, 3.8) is 0 Å². The van der Waals surface area contributed by atoms with E-state index in [9.17, 15) is 4.79 Å². The number of nitrogens with zero attached hydrogens (tertiary/aromatic N) is 1. The SMILES string of the molecule is NCC1CCN(C(=O)c2ccccc2SCc2cccs2)CC1. The van der Waals surface area contributed by atoms with Gasteiger partial charge in [0, 0.05) is 28.6 Å². The first-order valence-electron chi connectivity index (χ1n) is 8.01. The number of carbonyl (C=O) groups is 1. The number of hydrogen-bond acceptors (Lipinski definition) is 4. The van der Waals surface area contributed by atoms with E-state index in [2.05, 4.69) is 23.6 Å². The van der Waals surface area contributed by atoms with E-state index in [0.717, 1.165) is 48.7 Å². The molecule has 1 aliphatic heterocycles. The van der Waals surface area contributed by atoms with Gasteiger partial charge >= 0.3 is 0 Å². The monoisotopic (exact) mass is 346 g/mol. The summed E-state index contributed by atoms with van der Waals surface area (Å²) in [5.74, 6) is 1.65. The van der Waals surface area contributed by atoms with Gasteiger partial charge in [0.15, 0.2) is 0 Å². The van der Waals surface area contributed by atoms with E-state index < -0.39 is 0 Å². The molecule has 5 heteroatoms. The number of thiophene rings is 1. The minimum atomic E-state index is 0.162. The van der Waals surface area contributed by atoms with Crippen molar-refractivity contribution in [1.82, 2.24) is 4.90 Å². The third-order valence-electron chi connectivity index (χ3n) is 4.30. The van der Waals surface area contributed by atoms with Gasteiger partial charge in [-0.15, -0.1) is 23.1 Å². The molecule has 3 nitrogen and oxygen atoms in total. The Hall–Kier alpha value is -1.30. The summed E-state index contributed by atoms with van der Waals surface area (Å²) < 4.78 is 0. The molecule has 0 saturated carbocycles. The van der Waals surface area contributed by atoms with Crippen LogP contribution in [-0.2, 0) is 5.75 Å². The van der Waals surface area contributed by atoms with Gasteiger partial charge in [-0.3, -0.25) is 4.79 Å². The zero-order chi connectivity index (χ0) is 16.1. The van der Waals surface area contributed by atoms with E-state index in [4.69, 9.17) is 5.73 Å². The molecular formula is C18H22N2OS2. The Morgan fingerprint density at radius 1 is 1.22 bits per heavy atom. The Morgan fingerprint density at radius 3 is 2.70 bits per heavy atom. The lowest BCUT2D eigenvalue weighted by atomic mass is 9.96. The maximum Gasteiger partial charge on any atom is 0.254 e. The van der Waals surface area contributed by atoms with Crippen LogP contribution < -0.4 is 5.73 Å². The van der Waals surface area contributed by atoms with Gasteiger partial charge in [0.1, 0.15) is 0 Å². The Balaban J connectivity index is 1.68. The van der Waals surface area contributed by atoms with Crippen LogP contribution in [0.2, 0.25) is 0 Å². The van der Waals surface area contributed by atoms with Crippen LogP contribution in [0.25, 0.3) is 0 Å². The Bertz CT molecular complexity index is 634. The molecule has 0 unspecified atom stereocenters. The number of nitrogens with two attached hydrogens (primary N) is 1. The van der Waals surface area contributed by atoms with Crippen molar-refractivity contribution >= 4 is 29.0 Å². The normalized spacial score (nSPS) is 15.8. The summed E-state index contributed by atoms with van der Waals surface area (Å²) in [6.45, 7) is 2.38. The number of thioether (sulfide) groups is 1. The van der Waals surface area contributed by atoms with Crippen LogP contribution in [0.5, 0.6) is 0 Å². The highest BCUT2D eigenvalue weighted by atomic mass is 32.2. The molecule has 2 aromatic rings. The van der Waals surface area contributed by atoms with Crippen LogP contribution in [-0.4, -0.2) is 30.4 Å². The third kappa shape index (κ3) is 4.16. The fourth-order valence-corrected chi connectivity index (χ4v) is 4.67. The van der Waals surface area contributed by atoms with Crippen LogP contribution >= 0.6 is 23.1 Å². The molecule has 0 aliphatic carbocycles. The van der Waals surface area contributed by atoms with E-state index in [1.807, 2.05) is 23.1 Å². The van der Waals surface area contributed by atoms with E-state index in [1.165, 1.54) is 4.88 Å². The predicted octanol–water partition coefficient (Wildman–Crippen LogP) is 3.85. The number of carbonyl (C=O) groups excluding carboxylic acids is 1. The van der Waals surface area contributed by atoms with Crippen molar-refractivity contribution in [3.05, 3.63) is 52.2 Å². The van der Waals surface area contributed by atoms with Crippen molar-refractivity contribution in [2.75, 3.05) is 19.6 Å². The lowest BCUT2D eigenvalue weighted by Gasteiger charge is -2.31. The van der Waals surface area contributed by atoms with Crippen molar-refractivity contribution in [2.45, 2.75) is 23.5 Å². The second-order valence-electron chi connectivity index (χ2n) is 5.84. The Kier molecular flexibility index (Phi) is 5.75. The predicted molar refractivity (Wildman–Crippen MR) is 98.0 cm³/mol. The Morgan fingerprint density at radius 2 is 2.00 bits per heavy atom. The highest BCUT2D eigenvalue weighted by Crippen LogP contribution is 2.29. The summed E-state index contributed by atoms with van der Waals surface area (Å²) in [4.78, 5) is 17.3. The highest BCUT2D eigenvalue weighted by Gasteiger charge is 2.24. The lowest BCUT2D eigenvalue weighted by Crippen LogP contribution is -2.40. The van der Waals surface area contributed by atoms with E-state index in [-0.39, 0.29) is 5.91 Å². The van der Waals surface area contributed by atoms with Crippen LogP contribution in [0.3, 0.4) is 0 Å². The van der Waals surface area contributed by atoms with Gasteiger partial charge in [-0.25, -0.2) is 0 Å². The topological polar surface area (TPSA) is 46.3 Å². The number of likely N-dealkylation sites (tertiary alicyclic amines) is 1. The van der Waals surface area contributed by atoms with Crippen LogP contribution in [0.15, 0.2) is 46.7 Å². The largest absolute Gasteiger partial charge is 0.339 e. The summed E-state index contributed by atoms with van der Waals surface area (Å²) in [5, 5.41) is 2.09. The van der Waals surface area contributed by atoms with Gasteiger partial charge in [0.25, 0.3) is 5.91 Å². The van der Waals surface area contributed by atoms with Gasteiger partial charge in [-0.1, -0.05) is 18.2 Å². The van der Waals surface area contributed by atoms with Gasteiger partial charge in [0.2, 0.25) is 0 Å². The maximum atomic E-state index is 12.9. The molecule has 0 atom stereocenters. The molecule has 23 heavy (non-hydrogen) atoms. The number of rotatable bonds is 5. The van der Waals surface area contributed by atoms with Gasteiger partial charge in [-0.05, 0) is 48.9 Å². The summed E-state index contributed by atoms with van der Waals surface area (Å²) in [7, 11) is 0. The molecule has 3 rings (SSSR count).